The lowest BCUT2D eigenvalue weighted by Crippen LogP contribution is -2.30. The number of aryl methyl sites for hydroxylation is 1. The lowest BCUT2D eigenvalue weighted by Gasteiger charge is -2.23. The van der Waals surface area contributed by atoms with Gasteiger partial charge in [-0.3, -0.25) is 9.58 Å². The van der Waals surface area contributed by atoms with Gasteiger partial charge < -0.3 is 5.11 Å². The van der Waals surface area contributed by atoms with E-state index in [-0.39, 0.29) is 0 Å². The van der Waals surface area contributed by atoms with Crippen LogP contribution >= 0.6 is 0 Å². The zero-order valence-corrected chi connectivity index (χ0v) is 9.84. The predicted octanol–water partition coefficient (Wildman–Crippen LogP) is 0.552. The minimum Gasteiger partial charge on any atom is -0.396 e. The Hall–Kier alpha value is -0.940. The SMILES string of the molecule is Cn1ncnc1CN1CCCC1CCCO. The molecule has 0 spiro atoms. The van der Waals surface area contributed by atoms with Gasteiger partial charge in [0.1, 0.15) is 12.2 Å². The summed E-state index contributed by atoms with van der Waals surface area (Å²) in [5, 5.41) is 13.0. The number of hydrogen-bond acceptors (Lipinski definition) is 4. The first-order chi connectivity index (χ1) is 7.81. The van der Waals surface area contributed by atoms with Crippen LogP contribution in [0.15, 0.2) is 6.33 Å². The molecule has 1 unspecified atom stereocenters. The maximum absolute atomic E-state index is 8.87. The summed E-state index contributed by atoms with van der Waals surface area (Å²) >= 11 is 0. The molecule has 1 atom stereocenters. The lowest BCUT2D eigenvalue weighted by molar-refractivity contribution is 0.204. The molecule has 0 aromatic carbocycles. The van der Waals surface area contributed by atoms with Gasteiger partial charge in [-0.05, 0) is 32.2 Å². The number of aromatic nitrogens is 3. The molecule has 1 saturated heterocycles. The van der Waals surface area contributed by atoms with E-state index in [1.807, 2.05) is 11.7 Å². The highest BCUT2D eigenvalue weighted by Crippen LogP contribution is 2.22. The predicted molar refractivity (Wildman–Crippen MR) is 60.8 cm³/mol. The van der Waals surface area contributed by atoms with Gasteiger partial charge in [-0.25, -0.2) is 4.98 Å². The summed E-state index contributed by atoms with van der Waals surface area (Å²) in [6.07, 6.45) is 6.11. The van der Waals surface area contributed by atoms with E-state index in [0.29, 0.717) is 12.6 Å². The maximum atomic E-state index is 8.87. The number of likely N-dealkylation sites (tertiary alicyclic amines) is 1. The van der Waals surface area contributed by atoms with Crippen molar-refractivity contribution in [2.45, 2.75) is 38.3 Å². The molecule has 0 amide bonds. The van der Waals surface area contributed by atoms with E-state index in [0.717, 1.165) is 31.8 Å². The summed E-state index contributed by atoms with van der Waals surface area (Å²) in [4.78, 5) is 6.71. The third-order valence-electron chi connectivity index (χ3n) is 3.34. The molecule has 90 valence electrons. The first kappa shape index (κ1) is 11.5. The summed E-state index contributed by atoms with van der Waals surface area (Å²) in [7, 11) is 1.93. The van der Waals surface area contributed by atoms with Crippen LogP contribution in [0.3, 0.4) is 0 Å². The Kier molecular flexibility index (Phi) is 3.90. The lowest BCUT2D eigenvalue weighted by atomic mass is 10.1. The van der Waals surface area contributed by atoms with Crippen molar-refractivity contribution in [2.24, 2.45) is 7.05 Å². The van der Waals surface area contributed by atoms with Gasteiger partial charge in [-0.2, -0.15) is 5.10 Å². The number of nitrogens with zero attached hydrogens (tertiary/aromatic N) is 4. The number of aliphatic hydroxyl groups excluding tert-OH is 1. The van der Waals surface area contributed by atoms with Crippen LogP contribution in [-0.2, 0) is 13.6 Å². The zero-order valence-electron chi connectivity index (χ0n) is 9.84. The average Bonchev–Trinajstić information content (AvgIpc) is 2.87. The van der Waals surface area contributed by atoms with Crippen molar-refractivity contribution in [2.75, 3.05) is 13.2 Å². The number of aliphatic hydroxyl groups is 1. The molecule has 1 aliphatic heterocycles. The van der Waals surface area contributed by atoms with Gasteiger partial charge in [0.2, 0.25) is 0 Å². The Labute approximate surface area is 96.1 Å². The summed E-state index contributed by atoms with van der Waals surface area (Å²) < 4.78 is 1.83. The van der Waals surface area contributed by atoms with Crippen LogP contribution in [0.5, 0.6) is 0 Å². The highest BCUT2D eigenvalue weighted by Gasteiger charge is 2.24. The Morgan fingerprint density at radius 2 is 2.44 bits per heavy atom. The van der Waals surface area contributed by atoms with Gasteiger partial charge in [0, 0.05) is 19.7 Å². The number of hydrogen-bond donors (Lipinski definition) is 1. The van der Waals surface area contributed by atoms with Gasteiger partial charge in [0.25, 0.3) is 0 Å². The van der Waals surface area contributed by atoms with Crippen molar-refractivity contribution in [3.05, 3.63) is 12.2 Å². The standard InChI is InChI=1S/C11H20N4O/c1-14-11(12-9-13-14)8-15-6-2-4-10(15)5-3-7-16/h9-10,16H,2-8H2,1H3. The Morgan fingerprint density at radius 1 is 1.56 bits per heavy atom. The van der Waals surface area contributed by atoms with E-state index in [4.69, 9.17) is 5.11 Å². The Morgan fingerprint density at radius 3 is 3.12 bits per heavy atom. The summed E-state index contributed by atoms with van der Waals surface area (Å²) in [6, 6.07) is 0.615. The van der Waals surface area contributed by atoms with E-state index >= 15 is 0 Å². The van der Waals surface area contributed by atoms with Crippen LogP contribution in [0.2, 0.25) is 0 Å². The van der Waals surface area contributed by atoms with Gasteiger partial charge in [-0.15, -0.1) is 0 Å². The second-order valence-corrected chi connectivity index (χ2v) is 4.43. The van der Waals surface area contributed by atoms with Gasteiger partial charge in [0.15, 0.2) is 0 Å². The summed E-state index contributed by atoms with van der Waals surface area (Å²) in [5.74, 6) is 1.02. The second kappa shape index (κ2) is 5.41. The molecule has 1 aromatic heterocycles. The van der Waals surface area contributed by atoms with Crippen LogP contribution < -0.4 is 0 Å². The van der Waals surface area contributed by atoms with Gasteiger partial charge >= 0.3 is 0 Å². The Balaban J connectivity index is 1.91. The smallest absolute Gasteiger partial charge is 0.140 e. The average molecular weight is 224 g/mol. The molecule has 2 heterocycles. The van der Waals surface area contributed by atoms with Gasteiger partial charge in [-0.1, -0.05) is 0 Å². The molecular weight excluding hydrogens is 204 g/mol. The molecule has 1 N–H and O–H groups in total. The second-order valence-electron chi connectivity index (χ2n) is 4.43. The first-order valence-corrected chi connectivity index (χ1v) is 5.99. The van der Waals surface area contributed by atoms with E-state index < -0.39 is 0 Å². The van der Waals surface area contributed by atoms with E-state index in [1.54, 1.807) is 6.33 Å². The fraction of sp³-hybridized carbons (Fsp3) is 0.818. The third kappa shape index (κ3) is 2.59. The minimum atomic E-state index is 0.300. The molecule has 0 bridgehead atoms. The molecule has 1 fully saturated rings. The summed E-state index contributed by atoms with van der Waals surface area (Å²) in [5.41, 5.74) is 0. The largest absolute Gasteiger partial charge is 0.396 e. The molecule has 16 heavy (non-hydrogen) atoms. The van der Waals surface area contributed by atoms with Crippen LogP contribution in [0.1, 0.15) is 31.5 Å². The van der Waals surface area contributed by atoms with Crippen molar-refractivity contribution in [3.8, 4) is 0 Å². The van der Waals surface area contributed by atoms with Crippen molar-refractivity contribution in [1.82, 2.24) is 19.7 Å². The van der Waals surface area contributed by atoms with Crippen LogP contribution in [0.4, 0.5) is 0 Å². The van der Waals surface area contributed by atoms with E-state index in [2.05, 4.69) is 15.0 Å². The van der Waals surface area contributed by atoms with Crippen molar-refractivity contribution < 1.29 is 5.11 Å². The molecule has 1 aliphatic rings. The molecule has 2 rings (SSSR count). The van der Waals surface area contributed by atoms with Crippen LogP contribution in [0.25, 0.3) is 0 Å². The quantitative estimate of drug-likeness (QED) is 0.793. The fourth-order valence-electron chi connectivity index (χ4n) is 2.40. The fourth-order valence-corrected chi connectivity index (χ4v) is 2.40. The zero-order chi connectivity index (χ0) is 11.4. The maximum Gasteiger partial charge on any atom is 0.140 e. The van der Waals surface area contributed by atoms with Crippen LogP contribution in [-0.4, -0.2) is 44.0 Å². The van der Waals surface area contributed by atoms with Crippen molar-refractivity contribution in [1.29, 1.82) is 0 Å². The molecular formula is C11H20N4O. The van der Waals surface area contributed by atoms with Crippen molar-refractivity contribution >= 4 is 0 Å². The normalized spacial score (nSPS) is 21.8. The molecule has 1 aromatic rings. The molecule has 5 heteroatoms. The minimum absolute atomic E-state index is 0.300. The third-order valence-corrected chi connectivity index (χ3v) is 3.34. The van der Waals surface area contributed by atoms with Crippen molar-refractivity contribution in [3.63, 3.8) is 0 Å². The summed E-state index contributed by atoms with van der Waals surface area (Å²) in [6.45, 7) is 2.32. The monoisotopic (exact) mass is 224 g/mol. The Bertz CT molecular complexity index is 326. The molecule has 5 nitrogen and oxygen atoms in total. The highest BCUT2D eigenvalue weighted by molar-refractivity contribution is 4.88. The van der Waals surface area contributed by atoms with E-state index in [9.17, 15) is 0 Å². The highest BCUT2D eigenvalue weighted by atomic mass is 16.2. The van der Waals surface area contributed by atoms with Crippen LogP contribution in [0, 0.1) is 0 Å². The number of rotatable bonds is 5. The molecule has 0 radical (unpaired) electrons. The first-order valence-electron chi connectivity index (χ1n) is 5.99. The van der Waals surface area contributed by atoms with Gasteiger partial charge in [0.05, 0.1) is 6.54 Å². The topological polar surface area (TPSA) is 54.2 Å². The molecule has 0 saturated carbocycles. The molecule has 0 aliphatic carbocycles. The van der Waals surface area contributed by atoms with E-state index in [1.165, 1.54) is 12.8 Å².